The second kappa shape index (κ2) is 10.9. The zero-order chi connectivity index (χ0) is 26.7. The molecule has 4 rings (SSSR count). The summed E-state index contributed by atoms with van der Waals surface area (Å²) in [7, 11) is 5.41. The van der Waals surface area contributed by atoms with Gasteiger partial charge in [0.25, 0.3) is 5.91 Å². The summed E-state index contributed by atoms with van der Waals surface area (Å²) < 4.78 is 0. The van der Waals surface area contributed by atoms with Crippen LogP contribution in [-0.4, -0.2) is 55.5 Å². The standard InChI is InChI=1S/C28H27ClN4O4/c1-32(2)16-24(34)33(3)21-11-9-20(10-12-21)30-27(18-6-4-17(5-7-18)14-25(35)36)26-22-13-8-19(29)15-23(22)31-28(26)37/h4-13,15,30H,14,16H2,1-3H3,(H,31,37)(H,35,36)/b27-26-. The zero-order valence-corrected chi connectivity index (χ0v) is 21.5. The quantitative estimate of drug-likeness (QED) is 0.381. The summed E-state index contributed by atoms with van der Waals surface area (Å²) in [6, 6.07) is 19.6. The maximum atomic E-state index is 13.1. The Morgan fingerprint density at radius 2 is 1.65 bits per heavy atom. The fourth-order valence-corrected chi connectivity index (χ4v) is 4.24. The van der Waals surface area contributed by atoms with Crippen molar-refractivity contribution in [2.75, 3.05) is 43.2 Å². The van der Waals surface area contributed by atoms with Crippen molar-refractivity contribution in [1.29, 1.82) is 0 Å². The van der Waals surface area contributed by atoms with E-state index >= 15 is 0 Å². The number of likely N-dealkylation sites (N-methyl/N-ethyl adjacent to an activating group) is 2. The van der Waals surface area contributed by atoms with Gasteiger partial charge in [-0.05, 0) is 61.6 Å². The van der Waals surface area contributed by atoms with Gasteiger partial charge in [-0.15, -0.1) is 0 Å². The van der Waals surface area contributed by atoms with Crippen LogP contribution in [-0.2, 0) is 20.8 Å². The van der Waals surface area contributed by atoms with E-state index in [9.17, 15) is 14.4 Å². The van der Waals surface area contributed by atoms with Gasteiger partial charge in [0.15, 0.2) is 0 Å². The Balaban J connectivity index is 1.72. The molecular weight excluding hydrogens is 492 g/mol. The van der Waals surface area contributed by atoms with Gasteiger partial charge in [0, 0.05) is 29.0 Å². The van der Waals surface area contributed by atoms with E-state index in [1.165, 1.54) is 0 Å². The van der Waals surface area contributed by atoms with E-state index in [0.717, 1.165) is 5.69 Å². The number of nitrogens with one attached hydrogen (secondary N) is 2. The smallest absolute Gasteiger partial charge is 0.307 e. The highest BCUT2D eigenvalue weighted by molar-refractivity contribution is 6.38. The predicted octanol–water partition coefficient (Wildman–Crippen LogP) is 4.42. The molecule has 9 heteroatoms. The third-order valence-electron chi connectivity index (χ3n) is 5.92. The minimum atomic E-state index is -0.917. The average molecular weight is 519 g/mol. The van der Waals surface area contributed by atoms with Crippen molar-refractivity contribution in [2.45, 2.75) is 6.42 Å². The largest absolute Gasteiger partial charge is 0.481 e. The van der Waals surface area contributed by atoms with Crippen LogP contribution in [0.3, 0.4) is 0 Å². The number of carboxylic acids is 1. The molecule has 0 aliphatic carbocycles. The lowest BCUT2D eigenvalue weighted by Crippen LogP contribution is -2.34. The summed E-state index contributed by atoms with van der Waals surface area (Å²) in [5, 5.41) is 15.9. The Kier molecular flexibility index (Phi) is 7.61. The molecule has 0 saturated carbocycles. The molecule has 1 aliphatic heterocycles. The van der Waals surface area contributed by atoms with Crippen LogP contribution in [0.1, 0.15) is 16.7 Å². The van der Waals surface area contributed by atoms with Crippen LogP contribution in [0.4, 0.5) is 17.1 Å². The second-order valence-electron chi connectivity index (χ2n) is 9.02. The zero-order valence-electron chi connectivity index (χ0n) is 20.7. The van der Waals surface area contributed by atoms with Crippen LogP contribution in [0.15, 0.2) is 66.7 Å². The summed E-state index contributed by atoms with van der Waals surface area (Å²) in [5.41, 5.74) is 5.14. The Labute approximate surface area is 220 Å². The lowest BCUT2D eigenvalue weighted by Gasteiger charge is -2.20. The normalized spacial score (nSPS) is 13.7. The van der Waals surface area contributed by atoms with Crippen molar-refractivity contribution in [3.63, 3.8) is 0 Å². The molecule has 0 saturated heterocycles. The highest BCUT2D eigenvalue weighted by Crippen LogP contribution is 2.39. The summed E-state index contributed by atoms with van der Waals surface area (Å²) in [6.45, 7) is 0.295. The van der Waals surface area contributed by atoms with Crippen LogP contribution >= 0.6 is 11.6 Å². The first-order valence-corrected chi connectivity index (χ1v) is 11.9. The van der Waals surface area contributed by atoms with Gasteiger partial charge in [-0.1, -0.05) is 41.9 Å². The molecule has 0 radical (unpaired) electrons. The number of carbonyl (C=O) groups is 3. The molecule has 0 fully saturated rings. The summed E-state index contributed by atoms with van der Waals surface area (Å²) in [5.74, 6) is -1.23. The van der Waals surface area contributed by atoms with Crippen molar-refractivity contribution in [3.8, 4) is 0 Å². The number of amides is 2. The van der Waals surface area contributed by atoms with Gasteiger partial charge in [-0.3, -0.25) is 14.4 Å². The van der Waals surface area contributed by atoms with Gasteiger partial charge in [0.05, 0.1) is 29.9 Å². The lowest BCUT2D eigenvalue weighted by molar-refractivity contribution is -0.136. The summed E-state index contributed by atoms with van der Waals surface area (Å²) in [6.07, 6.45) is -0.0943. The predicted molar refractivity (Wildman–Crippen MR) is 147 cm³/mol. The molecule has 3 aromatic rings. The van der Waals surface area contributed by atoms with Crippen LogP contribution in [0.5, 0.6) is 0 Å². The van der Waals surface area contributed by atoms with Crippen LogP contribution in [0.2, 0.25) is 5.02 Å². The van der Waals surface area contributed by atoms with Crippen molar-refractivity contribution in [3.05, 3.63) is 88.4 Å². The Morgan fingerprint density at radius 3 is 2.27 bits per heavy atom. The highest BCUT2D eigenvalue weighted by Gasteiger charge is 2.28. The SMILES string of the molecule is CN(C)CC(=O)N(C)c1ccc(N/C(=C2\C(=O)Nc3cc(Cl)ccc32)c2ccc(CC(=O)O)cc2)cc1. The van der Waals surface area contributed by atoms with E-state index in [-0.39, 0.29) is 18.2 Å². The molecule has 1 heterocycles. The fraction of sp³-hybridized carbons (Fsp3) is 0.179. The molecular formula is C28H27ClN4O4. The Morgan fingerprint density at radius 1 is 0.973 bits per heavy atom. The molecule has 3 aromatic carbocycles. The Hall–Kier alpha value is -4.14. The molecule has 0 spiro atoms. The number of fused-ring (bicyclic) bond motifs is 1. The molecule has 1 aliphatic rings. The lowest BCUT2D eigenvalue weighted by atomic mass is 9.98. The third kappa shape index (κ3) is 5.99. The second-order valence-corrected chi connectivity index (χ2v) is 9.46. The summed E-state index contributed by atoms with van der Waals surface area (Å²) >= 11 is 6.13. The first-order valence-electron chi connectivity index (χ1n) is 11.6. The number of rotatable bonds is 8. The number of hydrogen-bond acceptors (Lipinski definition) is 5. The first-order chi connectivity index (χ1) is 17.6. The molecule has 190 valence electrons. The van der Waals surface area contributed by atoms with E-state index < -0.39 is 5.97 Å². The van der Waals surface area contributed by atoms with E-state index in [4.69, 9.17) is 16.7 Å². The first kappa shape index (κ1) is 25.9. The monoisotopic (exact) mass is 518 g/mol. The van der Waals surface area contributed by atoms with Crippen molar-refractivity contribution in [2.24, 2.45) is 0 Å². The van der Waals surface area contributed by atoms with Crippen LogP contribution in [0.25, 0.3) is 11.3 Å². The van der Waals surface area contributed by atoms with E-state index in [1.54, 1.807) is 54.4 Å². The number of benzene rings is 3. The van der Waals surface area contributed by atoms with Gasteiger partial charge >= 0.3 is 5.97 Å². The molecule has 37 heavy (non-hydrogen) atoms. The van der Waals surface area contributed by atoms with Crippen molar-refractivity contribution < 1.29 is 19.5 Å². The number of nitrogens with zero attached hydrogens (tertiary/aromatic N) is 2. The topological polar surface area (TPSA) is 102 Å². The fourth-order valence-electron chi connectivity index (χ4n) is 4.07. The number of carbonyl (C=O) groups excluding carboxylic acids is 2. The number of halogens is 1. The van der Waals surface area contributed by atoms with Crippen molar-refractivity contribution >= 4 is 57.7 Å². The third-order valence-corrected chi connectivity index (χ3v) is 6.16. The molecule has 3 N–H and O–H groups in total. The number of aliphatic carboxylic acids is 1. The van der Waals surface area contributed by atoms with Gasteiger partial charge < -0.3 is 25.5 Å². The molecule has 8 nitrogen and oxygen atoms in total. The molecule has 0 aromatic heterocycles. The Bertz CT molecular complexity index is 1380. The number of hydrogen-bond donors (Lipinski definition) is 3. The van der Waals surface area contributed by atoms with Gasteiger partial charge in [-0.25, -0.2) is 0 Å². The van der Waals surface area contributed by atoms with Crippen LogP contribution in [0, 0.1) is 0 Å². The number of carboxylic acid groups (broad SMARTS) is 1. The average Bonchev–Trinajstić information content (AvgIpc) is 3.16. The van der Waals surface area contributed by atoms with Gasteiger partial charge in [0.1, 0.15) is 0 Å². The molecule has 0 bridgehead atoms. The van der Waals surface area contributed by atoms with E-state index in [2.05, 4.69) is 10.6 Å². The minimum Gasteiger partial charge on any atom is -0.481 e. The van der Waals surface area contributed by atoms with Gasteiger partial charge in [-0.2, -0.15) is 0 Å². The summed E-state index contributed by atoms with van der Waals surface area (Å²) in [4.78, 5) is 40.0. The molecule has 2 amide bonds. The van der Waals surface area contributed by atoms with Crippen LogP contribution < -0.4 is 15.5 Å². The molecule has 0 unspecified atom stereocenters. The molecule has 0 atom stereocenters. The minimum absolute atomic E-state index is 0.0344. The van der Waals surface area contributed by atoms with Crippen molar-refractivity contribution in [1.82, 2.24) is 4.90 Å². The maximum Gasteiger partial charge on any atom is 0.307 e. The van der Waals surface area contributed by atoms with E-state index in [0.29, 0.717) is 50.9 Å². The maximum absolute atomic E-state index is 13.1. The highest BCUT2D eigenvalue weighted by atomic mass is 35.5. The number of anilines is 3. The van der Waals surface area contributed by atoms with E-state index in [1.807, 2.05) is 43.3 Å². The van der Waals surface area contributed by atoms with Gasteiger partial charge in [0.2, 0.25) is 5.91 Å².